The molecule has 18 atom stereocenters. The SMILES string of the molecule is CC[C@H](C)[C@H](NC(=O)[C@@H](N)Cc1ccc(O)cc1)C(=O)N[C@@H](CC(N)=O)C(=O)N1CCC[C@H]1C(=O)N[C@@H](CO)C(=O)N[C@@H](CCCNC(=N)N)C(=O)NCC(=O)N[C@@H](Cc1ccc(O)cc1)C(=O)N[C@H](C(=O)N[C@@H](CC(N)=O)C(=O)N[C@@H](Cc1ccc(O)cc1)C(=O)N[C@@H](CC(N)=O)C(=O)N[C@@H](CCC(N)=O)C(=O)N[C@@H](CCCCN)C(=O)N[C@@H](Cc1ccccc1)C(=O)N[C@@H](CCCCN)C(=O)N[C@@H](CC(=O)O)C(=O)O)[C@@H](C)O. The summed E-state index contributed by atoms with van der Waals surface area (Å²) in [6.45, 7) is 2.09. The van der Waals surface area contributed by atoms with Crippen molar-refractivity contribution in [3.05, 3.63) is 125 Å². The maximum atomic E-state index is 14.9. The lowest BCUT2D eigenvalue weighted by molar-refractivity contribution is -0.147. The fourth-order valence-corrected chi connectivity index (χ4v) is 15.5. The number of benzene rings is 4. The number of aliphatic carboxylic acids is 2. The number of carboxylic acid groups (broad SMARTS) is 2. The molecule has 1 saturated heterocycles. The number of hydrogen-bond donors (Lipinski definition) is 32. The predicted molar refractivity (Wildman–Crippen MR) is 531 cm³/mol. The Kier molecular flexibility index (Phi) is 52.4. The van der Waals surface area contributed by atoms with Crippen molar-refractivity contribution >= 4 is 136 Å². The molecule has 0 bridgehead atoms. The first-order valence-electron chi connectivity index (χ1n) is 48.3. The van der Waals surface area contributed by atoms with Crippen LogP contribution in [-0.2, 0) is 131 Å². The number of likely N-dealkylation sites (tertiary alicyclic amines) is 1. The van der Waals surface area contributed by atoms with Crippen LogP contribution in [0.25, 0.3) is 0 Å². The molecule has 55 heteroatoms. The number of carbonyl (C=O) groups is 22. The van der Waals surface area contributed by atoms with Crippen LogP contribution in [0.2, 0.25) is 0 Å². The maximum absolute atomic E-state index is 14.9. The number of carbonyl (C=O) groups excluding carboxylic acids is 20. The number of nitrogens with one attached hydrogen (secondary N) is 17. The number of guanidine groups is 1. The van der Waals surface area contributed by atoms with Crippen LogP contribution < -0.4 is 131 Å². The molecule has 150 heavy (non-hydrogen) atoms. The second-order valence-electron chi connectivity index (χ2n) is 35.9. The number of aliphatic hydroxyl groups is 2. The molecule has 1 aliphatic heterocycles. The molecular formula is C95H138N26O29. The van der Waals surface area contributed by atoms with Crippen molar-refractivity contribution in [1.82, 2.24) is 90.0 Å². The first-order chi connectivity index (χ1) is 70.9. The number of aliphatic hydroxyl groups excluding tert-OH is 2. The van der Waals surface area contributed by atoms with Crippen molar-refractivity contribution < 1.29 is 141 Å². The van der Waals surface area contributed by atoms with Gasteiger partial charge in [-0.05, 0) is 162 Å². The van der Waals surface area contributed by atoms with Gasteiger partial charge in [-0.3, -0.25) is 106 Å². The zero-order chi connectivity index (χ0) is 112. The van der Waals surface area contributed by atoms with E-state index in [2.05, 4.69) is 85.1 Å². The Bertz CT molecular complexity index is 5340. The minimum absolute atomic E-state index is 0.00364. The zero-order valence-electron chi connectivity index (χ0n) is 83.0. The van der Waals surface area contributed by atoms with Crippen LogP contribution >= 0.6 is 0 Å². The van der Waals surface area contributed by atoms with Gasteiger partial charge in [-0.25, -0.2) is 4.79 Å². The lowest BCUT2D eigenvalue weighted by Gasteiger charge is -2.31. The van der Waals surface area contributed by atoms with Crippen LogP contribution in [0.3, 0.4) is 0 Å². The van der Waals surface area contributed by atoms with Crippen LogP contribution in [0.4, 0.5) is 0 Å². The normalized spacial score (nSPS) is 15.4. The van der Waals surface area contributed by atoms with Gasteiger partial charge in [-0.1, -0.05) is 87.0 Å². The van der Waals surface area contributed by atoms with Gasteiger partial charge in [0.1, 0.15) is 108 Å². The molecule has 0 radical (unpaired) electrons. The summed E-state index contributed by atoms with van der Waals surface area (Å²) in [6.07, 6.45) is -8.38. The smallest absolute Gasteiger partial charge is 0.326 e. The number of carboxylic acids is 2. The number of hydrogen-bond acceptors (Lipinski definition) is 31. The van der Waals surface area contributed by atoms with Crippen LogP contribution in [0.5, 0.6) is 17.2 Å². The van der Waals surface area contributed by atoms with Gasteiger partial charge in [-0.15, -0.1) is 0 Å². The fourth-order valence-electron chi connectivity index (χ4n) is 15.5. The minimum Gasteiger partial charge on any atom is -0.508 e. The second-order valence-corrected chi connectivity index (χ2v) is 35.9. The van der Waals surface area contributed by atoms with Crippen LogP contribution in [0.1, 0.15) is 152 Å². The van der Waals surface area contributed by atoms with E-state index in [1.54, 1.807) is 56.3 Å². The molecule has 5 rings (SSSR count). The molecule has 822 valence electrons. The minimum atomic E-state index is -2.18. The average molecular weight is 2110 g/mol. The average Bonchev–Trinajstić information content (AvgIpc) is 1.62. The first-order valence-corrected chi connectivity index (χ1v) is 48.3. The summed E-state index contributed by atoms with van der Waals surface area (Å²) < 4.78 is 0. The number of aromatic hydroxyl groups is 3. The lowest BCUT2D eigenvalue weighted by atomic mass is 9.96. The van der Waals surface area contributed by atoms with E-state index in [4.69, 9.17) is 51.3 Å². The number of nitrogens with zero attached hydrogens (tertiary/aromatic N) is 1. The molecule has 55 nitrogen and oxygen atoms in total. The predicted octanol–water partition coefficient (Wildman–Crippen LogP) is -10.3. The van der Waals surface area contributed by atoms with Crippen molar-refractivity contribution in [2.45, 2.75) is 258 Å². The number of unbranched alkanes of at least 4 members (excludes halogenated alkanes) is 2. The third kappa shape index (κ3) is 43.8. The Morgan fingerprint density at radius 2 is 0.767 bits per heavy atom. The summed E-state index contributed by atoms with van der Waals surface area (Å²) in [5, 5.41) is 117. The highest BCUT2D eigenvalue weighted by molar-refractivity contribution is 6.03. The van der Waals surface area contributed by atoms with E-state index < -0.39 is 309 Å². The van der Waals surface area contributed by atoms with Crippen molar-refractivity contribution in [3.8, 4) is 17.2 Å². The van der Waals surface area contributed by atoms with E-state index in [0.29, 0.717) is 24.0 Å². The van der Waals surface area contributed by atoms with Gasteiger partial charge in [0.05, 0.1) is 51.0 Å². The second kappa shape index (κ2) is 63.3. The van der Waals surface area contributed by atoms with Gasteiger partial charge in [0.2, 0.25) is 118 Å². The van der Waals surface area contributed by atoms with Crippen LogP contribution in [0.15, 0.2) is 103 Å². The molecule has 1 aliphatic rings. The molecule has 4 aromatic carbocycles. The molecule has 1 heterocycles. The van der Waals surface area contributed by atoms with Crippen molar-refractivity contribution in [1.29, 1.82) is 5.41 Å². The van der Waals surface area contributed by atoms with Crippen molar-refractivity contribution in [2.75, 3.05) is 39.3 Å². The van der Waals surface area contributed by atoms with E-state index in [1.807, 2.05) is 0 Å². The summed E-state index contributed by atoms with van der Waals surface area (Å²) in [7, 11) is 0. The Morgan fingerprint density at radius 3 is 1.20 bits per heavy atom. The monoisotopic (exact) mass is 2110 g/mol. The Labute approximate surface area is 861 Å². The molecule has 0 unspecified atom stereocenters. The number of primary amides is 4. The van der Waals surface area contributed by atoms with Gasteiger partial charge >= 0.3 is 11.9 Å². The molecule has 0 aromatic heterocycles. The number of nitrogens with two attached hydrogens (primary N) is 8. The summed E-state index contributed by atoms with van der Waals surface area (Å²) >= 11 is 0. The largest absolute Gasteiger partial charge is 0.508 e. The number of amides is 20. The van der Waals surface area contributed by atoms with Gasteiger partial charge in [-0.2, -0.15) is 0 Å². The van der Waals surface area contributed by atoms with E-state index >= 15 is 0 Å². The molecule has 4 aromatic rings. The third-order valence-electron chi connectivity index (χ3n) is 23.8. The lowest BCUT2D eigenvalue weighted by Crippen LogP contribution is -2.62. The zero-order valence-corrected chi connectivity index (χ0v) is 83.0. The summed E-state index contributed by atoms with van der Waals surface area (Å²) in [5.41, 5.74) is 46.9. The van der Waals surface area contributed by atoms with Crippen LogP contribution in [-0.4, -0.2) is 319 Å². The maximum Gasteiger partial charge on any atom is 0.326 e. The van der Waals surface area contributed by atoms with Gasteiger partial charge in [0.15, 0.2) is 5.96 Å². The van der Waals surface area contributed by atoms with Crippen molar-refractivity contribution in [2.24, 2.45) is 51.8 Å². The molecule has 0 aliphatic carbocycles. The van der Waals surface area contributed by atoms with E-state index in [0.717, 1.165) is 24.0 Å². The molecule has 0 spiro atoms. The summed E-state index contributed by atoms with van der Waals surface area (Å²) in [6, 6.07) is -4.48. The summed E-state index contributed by atoms with van der Waals surface area (Å²) in [4.78, 5) is 305. The molecule has 1 fully saturated rings. The number of phenols is 3. The molecule has 20 amide bonds. The first kappa shape index (κ1) is 124. The van der Waals surface area contributed by atoms with Gasteiger partial charge in [0, 0.05) is 38.8 Å². The van der Waals surface area contributed by atoms with Crippen LogP contribution in [0, 0.1) is 11.3 Å². The summed E-state index contributed by atoms with van der Waals surface area (Å²) in [5.74, 6) is -28.3. The standard InChI is InChI=1S/C95H138N26O29/c1-4-48(2)77(119-79(134)57(98)38-51-20-26-54(124)27-21-51)91(146)116-67(44-74(102)130)93(148)121-37-13-19-70(121)90(145)118-69(47-122)89(144)108-58(18-12-36-105-95(103)104)80(135)106-46-75(131)107-62(40-52-22-28-55(125)29-23-52)88(143)120-78(49(3)123)92(147)115-66(43-73(101)129)87(142)113-64(41-53-24-30-56(126)31-25-53)85(140)114-65(42-72(100)128)86(141)111-61(32-33-71(99)127)83(138)109-59(16-8-10-34-96)81(136)112-63(39-50-14-6-5-7-15-50)84(139)110-60(17-9-11-35-97)82(137)117-68(94(149)150)45-76(132)133/h5-7,14-15,20-31,48-49,57-70,77-78,122-126H,4,8-13,16-19,32-47,96-98H2,1-3H3,(H2,99,127)(H2,100,128)(H2,101,129)(H2,102,130)(H,106,135)(H,107,131)(H,108,144)(H,109,138)(H,110,139)(H,111,141)(H,112,136)(H,113,142)(H,114,140)(H,115,147)(H,116,146)(H,117,137)(H,118,145)(H,119,134)(H,120,143)(H,132,133)(H,149,150)(H4,103,104,105)/t48-,49+,57-,58-,59-,60-,61-,62-,63-,64-,65-,66-,67-,68-,69-,70-,77-,78-/m0/s1. The van der Waals surface area contributed by atoms with Gasteiger partial charge in [0.25, 0.3) is 0 Å². The molecular weight excluding hydrogens is 1970 g/mol. The number of phenolic OH excluding ortho intramolecular Hbond substituents is 3. The van der Waals surface area contributed by atoms with Crippen molar-refractivity contribution in [3.63, 3.8) is 0 Å². The quantitative estimate of drug-likeness (QED) is 0.0111. The highest BCUT2D eigenvalue weighted by Crippen LogP contribution is 2.23. The topological polar surface area (TPSA) is 945 Å². The Morgan fingerprint density at radius 1 is 0.393 bits per heavy atom. The Hall–Kier alpha value is -16.3. The van der Waals surface area contributed by atoms with Gasteiger partial charge < -0.3 is 172 Å². The van der Waals surface area contributed by atoms with E-state index in [1.165, 1.54) is 48.5 Å². The van der Waals surface area contributed by atoms with E-state index in [9.17, 15) is 141 Å². The Balaban J connectivity index is 1.37. The fraction of sp³-hybridized carbons (Fsp3) is 0.505. The molecule has 40 N–H and O–H groups in total. The third-order valence-corrected chi connectivity index (χ3v) is 23.8. The van der Waals surface area contributed by atoms with E-state index in [-0.39, 0.29) is 125 Å². The number of rotatable bonds is 67. The highest BCUT2D eigenvalue weighted by atomic mass is 16.4. The molecule has 0 saturated carbocycles. The highest BCUT2D eigenvalue weighted by Gasteiger charge is 2.44.